The van der Waals surface area contributed by atoms with Gasteiger partial charge >= 0.3 is 12.9 Å². The molecule has 59 heavy (non-hydrogen) atoms. The average Bonchev–Trinajstić information content (AvgIpc) is 3.89. The molecule has 2 aromatic carbocycles. The number of benzene rings is 2. The molecular formula is C33H32F6N12O6S2. The van der Waals surface area contributed by atoms with Gasteiger partial charge in [0.2, 0.25) is 31.9 Å². The summed E-state index contributed by atoms with van der Waals surface area (Å²) in [4.78, 5) is 16.3. The highest BCUT2D eigenvalue weighted by atomic mass is 32.2. The molecule has 0 radical (unpaired) electrons. The van der Waals surface area contributed by atoms with Crippen molar-refractivity contribution in [1.82, 2.24) is 49.4 Å². The van der Waals surface area contributed by atoms with Gasteiger partial charge in [0.25, 0.3) is 23.6 Å². The largest absolute Gasteiger partial charge is 0.415 e. The number of likely N-dealkylation sites (N-methyl/N-ethyl adjacent to an activating group) is 1. The van der Waals surface area contributed by atoms with Crippen LogP contribution in [0.3, 0.4) is 0 Å². The average molecular weight is 871 g/mol. The van der Waals surface area contributed by atoms with Crippen LogP contribution in [0.2, 0.25) is 0 Å². The maximum atomic E-state index is 13.3. The van der Waals surface area contributed by atoms with Gasteiger partial charge in [0, 0.05) is 44.9 Å². The first-order valence-electron chi connectivity index (χ1n) is 16.6. The lowest BCUT2D eigenvalue weighted by Gasteiger charge is -2.24. The summed E-state index contributed by atoms with van der Waals surface area (Å²) in [5, 5.41) is 19.4. The van der Waals surface area contributed by atoms with Crippen LogP contribution in [-0.4, -0.2) is 94.1 Å². The first-order chi connectivity index (χ1) is 27.8. The Hall–Kier alpha value is -6.12. The van der Waals surface area contributed by atoms with Crippen molar-refractivity contribution < 1.29 is 52.0 Å². The van der Waals surface area contributed by atoms with E-state index in [-0.39, 0.29) is 47.9 Å². The molecule has 6 rings (SSSR count). The van der Waals surface area contributed by atoms with Crippen molar-refractivity contribution in [3.63, 3.8) is 0 Å². The summed E-state index contributed by atoms with van der Waals surface area (Å²) in [5.41, 5.74) is 1.65. The van der Waals surface area contributed by atoms with E-state index in [0.717, 1.165) is 16.8 Å². The molecule has 4 aromatic heterocycles. The third-order valence-electron chi connectivity index (χ3n) is 7.76. The van der Waals surface area contributed by atoms with Crippen LogP contribution in [0.4, 0.5) is 38.2 Å². The predicted molar refractivity (Wildman–Crippen MR) is 196 cm³/mol. The molecule has 0 spiro atoms. The molecule has 6 aromatic rings. The minimum absolute atomic E-state index is 0.0248. The molecule has 18 nitrogen and oxygen atoms in total. The highest BCUT2D eigenvalue weighted by Gasteiger charge is 2.22. The Kier molecular flexibility index (Phi) is 14.2. The van der Waals surface area contributed by atoms with E-state index in [4.69, 9.17) is 8.83 Å². The zero-order valence-corrected chi connectivity index (χ0v) is 32.3. The lowest BCUT2D eigenvalue weighted by Crippen LogP contribution is -2.33. The first kappa shape index (κ1) is 44.0. The number of aromatic nitrogens is 8. The Morgan fingerprint density at radius 1 is 0.627 bits per heavy atom. The Labute approximate surface area is 331 Å². The topological polar surface area (TPSA) is 237 Å². The fourth-order valence-electron chi connectivity index (χ4n) is 4.72. The first-order valence-corrected chi connectivity index (χ1v) is 20.4. The SMILES string of the molecule is CN(CC(Nc1ncc(-c2nnc(C(F)F)o2)cn1)c1ccc(F)cc1)S(C)(=O)=O.CS(=O)(=O)NCC(Nc1ncc(-c2nnc(C(F)F)o2)cn1)c1ccc(F)cc1. The van der Waals surface area contributed by atoms with Crippen LogP contribution < -0.4 is 15.4 Å². The number of rotatable bonds is 16. The van der Waals surface area contributed by atoms with Gasteiger partial charge in [-0.05, 0) is 35.4 Å². The lowest BCUT2D eigenvalue weighted by molar-refractivity contribution is 0.115. The van der Waals surface area contributed by atoms with Crippen LogP contribution in [0.25, 0.3) is 22.9 Å². The highest BCUT2D eigenvalue weighted by Crippen LogP contribution is 2.26. The third kappa shape index (κ3) is 12.9. The van der Waals surface area contributed by atoms with Gasteiger partial charge in [-0.1, -0.05) is 24.3 Å². The Bertz CT molecular complexity index is 2500. The van der Waals surface area contributed by atoms with Gasteiger partial charge in [-0.3, -0.25) is 0 Å². The lowest BCUT2D eigenvalue weighted by atomic mass is 10.1. The fraction of sp³-hybridized carbons (Fsp3) is 0.273. The molecule has 2 unspecified atom stereocenters. The van der Waals surface area contributed by atoms with Gasteiger partial charge in [-0.25, -0.2) is 54.6 Å². The molecule has 0 fully saturated rings. The van der Waals surface area contributed by atoms with Crippen LogP contribution in [0, 0.1) is 11.6 Å². The minimum atomic E-state index is -3.47. The van der Waals surface area contributed by atoms with Gasteiger partial charge in [0.1, 0.15) is 11.6 Å². The van der Waals surface area contributed by atoms with Gasteiger partial charge in [0.05, 0.1) is 35.7 Å². The van der Waals surface area contributed by atoms with Crippen molar-refractivity contribution in [1.29, 1.82) is 0 Å². The molecule has 314 valence electrons. The van der Waals surface area contributed by atoms with E-state index in [0.29, 0.717) is 11.1 Å². The van der Waals surface area contributed by atoms with Gasteiger partial charge in [-0.2, -0.15) is 17.6 Å². The zero-order chi connectivity index (χ0) is 42.9. The number of hydrogen-bond acceptors (Lipinski definition) is 16. The summed E-state index contributed by atoms with van der Waals surface area (Å²) in [7, 11) is -5.52. The van der Waals surface area contributed by atoms with Crippen LogP contribution in [0.15, 0.2) is 82.2 Å². The Morgan fingerprint density at radius 3 is 1.37 bits per heavy atom. The van der Waals surface area contributed by atoms with Crippen LogP contribution in [0.1, 0.15) is 47.8 Å². The van der Waals surface area contributed by atoms with E-state index in [1.54, 1.807) is 0 Å². The maximum absolute atomic E-state index is 13.3. The normalized spacial score (nSPS) is 12.9. The number of sulfonamides is 2. The van der Waals surface area contributed by atoms with Gasteiger partial charge < -0.3 is 19.5 Å². The molecule has 0 aliphatic rings. The van der Waals surface area contributed by atoms with Crippen molar-refractivity contribution in [3.8, 4) is 22.9 Å². The Balaban J connectivity index is 0.000000224. The van der Waals surface area contributed by atoms with Crippen molar-refractivity contribution in [2.24, 2.45) is 0 Å². The van der Waals surface area contributed by atoms with Crippen LogP contribution in [0.5, 0.6) is 0 Å². The summed E-state index contributed by atoms with van der Waals surface area (Å²) in [6, 6.07) is 9.81. The highest BCUT2D eigenvalue weighted by molar-refractivity contribution is 7.88. The number of hydrogen-bond donors (Lipinski definition) is 3. The molecule has 2 atom stereocenters. The summed E-state index contributed by atoms with van der Waals surface area (Å²) in [6.07, 6.45) is 1.44. The van der Waals surface area contributed by atoms with E-state index < -0.39 is 68.4 Å². The monoisotopic (exact) mass is 870 g/mol. The quantitative estimate of drug-likeness (QED) is 0.109. The van der Waals surface area contributed by atoms with E-state index in [9.17, 15) is 43.2 Å². The molecule has 0 saturated carbocycles. The van der Waals surface area contributed by atoms with Gasteiger partial charge in [-0.15, -0.1) is 20.4 Å². The van der Waals surface area contributed by atoms with Crippen molar-refractivity contribution in [2.75, 3.05) is 43.3 Å². The standard InChI is InChI=1S/C17H17F3N6O3S.C16H15F3N6O3S/c1-26(30(2,27)28)9-13(10-3-5-12(18)6-4-10)23-17-21-7-11(8-22-17)15-24-25-16(29-15)14(19)20;1-29(26,27)22-8-12(9-2-4-11(17)5-3-9)23-16-20-6-10(7-21-16)14-24-25-15(28-14)13(18)19/h3-8,13-14H,9H2,1-2H3,(H,21,22,23);2-7,12-13,22H,8H2,1H3,(H,20,21,23). The van der Waals surface area contributed by atoms with Gasteiger partial charge in [0.15, 0.2) is 0 Å². The molecule has 0 bridgehead atoms. The third-order valence-corrected chi connectivity index (χ3v) is 9.73. The van der Waals surface area contributed by atoms with E-state index in [2.05, 4.69) is 55.7 Å². The summed E-state index contributed by atoms with van der Waals surface area (Å²) in [6.45, 7) is -0.0199. The molecular weight excluding hydrogens is 839 g/mol. The van der Waals surface area contributed by atoms with Crippen molar-refractivity contribution >= 4 is 31.9 Å². The number of halogens is 6. The molecule has 0 aliphatic carbocycles. The van der Waals surface area contributed by atoms with E-state index >= 15 is 0 Å². The summed E-state index contributed by atoms with van der Waals surface area (Å²) < 4.78 is 136. The predicted octanol–water partition coefficient (Wildman–Crippen LogP) is 4.95. The second kappa shape index (κ2) is 19.1. The fourth-order valence-corrected chi connectivity index (χ4v) is 5.61. The summed E-state index contributed by atoms with van der Waals surface area (Å²) >= 11 is 0. The zero-order valence-electron chi connectivity index (χ0n) is 30.7. The molecule has 26 heteroatoms. The van der Waals surface area contributed by atoms with Crippen molar-refractivity contribution in [2.45, 2.75) is 24.9 Å². The molecule has 3 N–H and O–H groups in total. The van der Waals surface area contributed by atoms with Crippen molar-refractivity contribution in [3.05, 3.63) is 108 Å². The number of nitrogens with one attached hydrogen (secondary N) is 3. The molecule has 0 amide bonds. The number of anilines is 2. The smallest absolute Gasteiger partial charge is 0.314 e. The Morgan fingerprint density at radius 2 is 1.02 bits per heavy atom. The maximum Gasteiger partial charge on any atom is 0.314 e. The molecule has 0 aliphatic heterocycles. The molecule has 4 heterocycles. The second-order valence-corrected chi connectivity index (χ2v) is 16.2. The second-order valence-electron chi connectivity index (χ2n) is 12.2. The number of alkyl halides is 4. The minimum Gasteiger partial charge on any atom is -0.415 e. The number of nitrogens with zero attached hydrogens (tertiary/aromatic N) is 9. The van der Waals surface area contributed by atoms with E-state index in [1.807, 2.05) is 0 Å². The van der Waals surface area contributed by atoms with E-state index in [1.165, 1.54) is 80.4 Å². The summed E-state index contributed by atoms with van der Waals surface area (Å²) in [5.74, 6) is -2.58. The van der Waals surface area contributed by atoms with Crippen LogP contribution >= 0.6 is 0 Å². The van der Waals surface area contributed by atoms with Crippen LogP contribution in [-0.2, 0) is 20.0 Å². The molecule has 0 saturated heterocycles.